The van der Waals surface area contributed by atoms with Crippen molar-refractivity contribution in [3.05, 3.63) is 52.5 Å². The van der Waals surface area contributed by atoms with E-state index < -0.39 is 47.8 Å². The third-order valence-corrected chi connectivity index (χ3v) is 5.72. The summed E-state index contributed by atoms with van der Waals surface area (Å²) in [6, 6.07) is 3.69. The molecule has 0 fully saturated rings. The first-order valence-corrected chi connectivity index (χ1v) is 10.4. The first-order valence-electron chi connectivity index (χ1n) is 9.11. The van der Waals surface area contributed by atoms with Gasteiger partial charge < -0.3 is 9.63 Å². The second-order valence-corrected chi connectivity index (χ2v) is 8.12. The van der Waals surface area contributed by atoms with Gasteiger partial charge in [-0.05, 0) is 12.1 Å². The molecule has 0 aliphatic rings. The molecule has 4 aromatic rings. The first-order chi connectivity index (χ1) is 15.9. The van der Waals surface area contributed by atoms with Crippen LogP contribution in [0.1, 0.15) is 5.69 Å². The summed E-state index contributed by atoms with van der Waals surface area (Å²) < 4.78 is 99.7. The van der Waals surface area contributed by atoms with Gasteiger partial charge in [0.15, 0.2) is 17.6 Å². The molecule has 3 aromatic heterocycles. The lowest BCUT2D eigenvalue weighted by molar-refractivity contribution is -0.209. The van der Waals surface area contributed by atoms with Gasteiger partial charge in [0.25, 0.3) is 0 Å². The van der Waals surface area contributed by atoms with Crippen molar-refractivity contribution in [3.8, 4) is 33.2 Å². The van der Waals surface area contributed by atoms with Crippen molar-refractivity contribution < 1.29 is 40.4 Å². The predicted octanol–water partition coefficient (Wildman–Crippen LogP) is 6.06. The van der Waals surface area contributed by atoms with E-state index in [4.69, 9.17) is 16.1 Å². The molecule has 1 aromatic carbocycles. The number of aromatic nitrogens is 4. The fourth-order valence-electron chi connectivity index (χ4n) is 3.17. The third kappa shape index (κ3) is 4.40. The summed E-state index contributed by atoms with van der Waals surface area (Å²) >= 11 is 7.06. The number of hydrogen-bond donors (Lipinski definition) is 1. The highest BCUT2D eigenvalue weighted by molar-refractivity contribution is 7.13. The zero-order chi connectivity index (χ0) is 24.8. The summed E-state index contributed by atoms with van der Waals surface area (Å²) in [7, 11) is 0. The van der Waals surface area contributed by atoms with Gasteiger partial charge in [-0.25, -0.2) is 9.37 Å². The number of hydrogen-bond acceptors (Lipinski definition) is 6. The SMILES string of the molecule is OC(Cn1ncc(-c2onc(-c3c(F)cccc3Cl)c2-c2nccs2)c1C(F)(F)F)C(F)(F)F. The Bertz CT molecular complexity index is 1300. The third-order valence-electron chi connectivity index (χ3n) is 4.61. The van der Waals surface area contributed by atoms with Crippen LogP contribution in [0.2, 0.25) is 5.02 Å². The fraction of sp³-hybridized carbons (Fsp3) is 0.211. The lowest BCUT2D eigenvalue weighted by atomic mass is 10.0. The van der Waals surface area contributed by atoms with Crippen molar-refractivity contribution in [3.63, 3.8) is 0 Å². The van der Waals surface area contributed by atoms with Crippen LogP contribution >= 0.6 is 22.9 Å². The summed E-state index contributed by atoms with van der Waals surface area (Å²) in [5, 5.41) is 17.8. The highest BCUT2D eigenvalue weighted by Crippen LogP contribution is 2.46. The summed E-state index contributed by atoms with van der Waals surface area (Å²) in [6.07, 6.45) is -11.5. The molecule has 4 rings (SSSR count). The van der Waals surface area contributed by atoms with E-state index in [1.54, 1.807) is 0 Å². The highest BCUT2D eigenvalue weighted by Gasteiger charge is 2.44. The topological polar surface area (TPSA) is 77.0 Å². The maximum absolute atomic E-state index is 14.6. The zero-order valence-electron chi connectivity index (χ0n) is 16.3. The van der Waals surface area contributed by atoms with Crippen molar-refractivity contribution in [2.75, 3.05) is 0 Å². The molecular formula is C19H10ClF7N4O2S. The quantitative estimate of drug-likeness (QED) is 0.320. The number of aliphatic hydroxyl groups is 1. The van der Waals surface area contributed by atoms with Gasteiger partial charge in [-0.3, -0.25) is 4.68 Å². The molecule has 0 radical (unpaired) electrons. The average Bonchev–Trinajstić information content (AvgIpc) is 3.45. The van der Waals surface area contributed by atoms with Crippen LogP contribution in [-0.2, 0) is 12.7 Å². The highest BCUT2D eigenvalue weighted by atomic mass is 35.5. The Morgan fingerprint density at radius 1 is 1.15 bits per heavy atom. The van der Waals surface area contributed by atoms with E-state index in [9.17, 15) is 35.8 Å². The summed E-state index contributed by atoms with van der Waals surface area (Å²) in [5.41, 5.74) is -3.10. The monoisotopic (exact) mass is 526 g/mol. The molecule has 0 amide bonds. The van der Waals surface area contributed by atoms with Crippen LogP contribution in [0.5, 0.6) is 0 Å². The molecule has 3 heterocycles. The molecule has 0 saturated heterocycles. The van der Waals surface area contributed by atoms with E-state index in [-0.39, 0.29) is 31.5 Å². The van der Waals surface area contributed by atoms with Gasteiger partial charge in [0.1, 0.15) is 16.5 Å². The molecule has 0 spiro atoms. The van der Waals surface area contributed by atoms with E-state index >= 15 is 0 Å². The average molecular weight is 527 g/mol. The maximum atomic E-state index is 14.6. The van der Waals surface area contributed by atoms with Gasteiger partial charge in [-0.1, -0.05) is 22.8 Å². The van der Waals surface area contributed by atoms with Gasteiger partial charge in [-0.2, -0.15) is 31.4 Å². The number of thiazole rings is 1. The zero-order valence-corrected chi connectivity index (χ0v) is 17.9. The molecule has 0 saturated carbocycles. The Labute approximate surface area is 194 Å². The molecule has 0 aliphatic carbocycles. The maximum Gasteiger partial charge on any atom is 0.433 e. The number of aliphatic hydroxyl groups excluding tert-OH is 1. The Kier molecular flexibility index (Phi) is 6.16. The lowest BCUT2D eigenvalue weighted by Gasteiger charge is -2.17. The van der Waals surface area contributed by atoms with Crippen molar-refractivity contribution in [2.24, 2.45) is 0 Å². The number of alkyl halides is 6. The number of nitrogens with zero attached hydrogens (tertiary/aromatic N) is 4. The molecule has 0 aliphatic heterocycles. The Morgan fingerprint density at radius 3 is 2.47 bits per heavy atom. The molecule has 0 bridgehead atoms. The Hall–Kier alpha value is -2.97. The van der Waals surface area contributed by atoms with Crippen LogP contribution in [0.3, 0.4) is 0 Å². The summed E-state index contributed by atoms with van der Waals surface area (Å²) in [4.78, 5) is 4.03. The standard InChI is InChI=1S/C19H10ClF7N4O2S/c20-9-2-1-3-10(21)12(9)14-13(17-28-4-5-34-17)15(33-30-14)8-6-29-31(16(8)19(25,26)27)7-11(32)18(22,23)24/h1-6,11,32H,7H2. The van der Waals surface area contributed by atoms with Gasteiger partial charge in [0.05, 0.1) is 34.5 Å². The Morgan fingerprint density at radius 2 is 1.88 bits per heavy atom. The van der Waals surface area contributed by atoms with E-state index in [1.807, 2.05) is 0 Å². The molecular weight excluding hydrogens is 517 g/mol. The Balaban J connectivity index is 1.95. The fourth-order valence-corrected chi connectivity index (χ4v) is 4.10. The first kappa shape index (κ1) is 24.2. The van der Waals surface area contributed by atoms with E-state index in [2.05, 4.69) is 15.2 Å². The molecule has 1 atom stereocenters. The normalized spacial score (nSPS) is 13.4. The van der Waals surface area contributed by atoms with Crippen molar-refractivity contribution in [2.45, 2.75) is 25.0 Å². The van der Waals surface area contributed by atoms with E-state index in [1.165, 1.54) is 23.7 Å². The van der Waals surface area contributed by atoms with Crippen LogP contribution in [0.15, 0.2) is 40.5 Å². The molecule has 1 N–H and O–H groups in total. The summed E-state index contributed by atoms with van der Waals surface area (Å²) in [6.45, 7) is -1.52. The van der Waals surface area contributed by atoms with Crippen LogP contribution in [0.25, 0.3) is 33.2 Å². The van der Waals surface area contributed by atoms with E-state index in [0.29, 0.717) is 6.20 Å². The second-order valence-electron chi connectivity index (χ2n) is 6.81. The second kappa shape index (κ2) is 8.67. The van der Waals surface area contributed by atoms with E-state index in [0.717, 1.165) is 17.4 Å². The minimum absolute atomic E-state index is 0.0304. The molecule has 34 heavy (non-hydrogen) atoms. The minimum Gasteiger partial charge on any atom is -0.382 e. The van der Waals surface area contributed by atoms with Crippen LogP contribution in [0, 0.1) is 5.82 Å². The van der Waals surface area contributed by atoms with Crippen LogP contribution in [-0.4, -0.2) is 37.3 Å². The van der Waals surface area contributed by atoms with Crippen molar-refractivity contribution in [1.29, 1.82) is 0 Å². The van der Waals surface area contributed by atoms with Crippen molar-refractivity contribution in [1.82, 2.24) is 19.9 Å². The van der Waals surface area contributed by atoms with Crippen LogP contribution in [0.4, 0.5) is 30.7 Å². The van der Waals surface area contributed by atoms with Gasteiger partial charge in [-0.15, -0.1) is 11.3 Å². The van der Waals surface area contributed by atoms with Gasteiger partial charge in [0.2, 0.25) is 0 Å². The predicted molar refractivity (Wildman–Crippen MR) is 106 cm³/mol. The van der Waals surface area contributed by atoms with Crippen LogP contribution < -0.4 is 0 Å². The number of benzene rings is 1. The number of rotatable bonds is 5. The molecule has 6 nitrogen and oxygen atoms in total. The minimum atomic E-state index is -5.21. The smallest absolute Gasteiger partial charge is 0.382 e. The number of halogens is 8. The summed E-state index contributed by atoms with van der Waals surface area (Å²) in [5.74, 6) is -1.41. The molecule has 1 unspecified atom stereocenters. The molecule has 15 heteroatoms. The lowest BCUT2D eigenvalue weighted by Crippen LogP contribution is -2.34. The largest absolute Gasteiger partial charge is 0.433 e. The molecule has 180 valence electrons. The van der Waals surface area contributed by atoms with Gasteiger partial charge >= 0.3 is 12.4 Å². The van der Waals surface area contributed by atoms with Gasteiger partial charge in [0, 0.05) is 11.6 Å². The van der Waals surface area contributed by atoms with Crippen molar-refractivity contribution >= 4 is 22.9 Å².